The molecule has 0 bridgehead atoms. The number of hydrogen-bond acceptors (Lipinski definition) is 1. The van der Waals surface area contributed by atoms with Gasteiger partial charge in [0.15, 0.2) is 0 Å². The monoisotopic (exact) mass is 743 g/mol. The predicted octanol–water partition coefficient (Wildman–Crippen LogP) is 16.0. The summed E-state index contributed by atoms with van der Waals surface area (Å²) < 4.78 is 201. The van der Waals surface area contributed by atoms with Crippen LogP contribution in [0.4, 0.5) is 0 Å². The molecule has 0 spiro atoms. The van der Waals surface area contributed by atoms with Crippen molar-refractivity contribution in [3.63, 3.8) is 0 Å². The van der Waals surface area contributed by atoms with Crippen LogP contribution in [0.25, 0.3) is 120 Å². The van der Waals surface area contributed by atoms with Gasteiger partial charge in [-0.05, 0) is 129 Å². The molecule has 1 nitrogen and oxygen atoms in total. The first-order valence-corrected chi connectivity index (χ1v) is 18.0. The third kappa shape index (κ3) is 4.89. The molecule has 0 saturated carbocycles. The molecule has 0 aliphatic carbocycles. The van der Waals surface area contributed by atoms with Crippen molar-refractivity contribution in [2.24, 2.45) is 0 Å². The molecule has 0 fully saturated rings. The standard InChI is InChI=1S/C56H34O/c1-4-19-40-35(14-1)17-11-26-43(40)45-28-13-29-53-56(45)51-33-37(30-31-52(51)57-53)39-32-38-16-3-6-21-42(38)50(34-39)55-48-24-9-7-22-46(48)54(47-23-8-10-25-49(47)55)44-27-12-18-36-15-2-5-20-41(36)44/h1-34H/i2D,3D,5D,6D,7D,8D,9D,10D,12D,15D,16D,18D,20D,21D,22D,23D,24D,25D,27D,32D,34D. The Kier molecular flexibility index (Phi) is 3.86. The van der Waals surface area contributed by atoms with E-state index in [4.69, 9.17) is 19.5 Å². The largest absolute Gasteiger partial charge is 0.456 e. The normalized spacial score (nSPS) is 17.0. The molecule has 0 radical (unpaired) electrons. The van der Waals surface area contributed by atoms with Gasteiger partial charge in [0.1, 0.15) is 11.2 Å². The van der Waals surface area contributed by atoms with E-state index in [0.717, 1.165) is 21.9 Å². The Balaban J connectivity index is 1.33. The van der Waals surface area contributed by atoms with Gasteiger partial charge in [-0.25, -0.2) is 0 Å². The van der Waals surface area contributed by atoms with E-state index in [1.54, 1.807) is 24.3 Å². The maximum absolute atomic E-state index is 10.4. The molecule has 1 heterocycles. The molecule has 12 aromatic rings. The molecule has 1 aromatic heterocycles. The molecule has 11 aromatic carbocycles. The van der Waals surface area contributed by atoms with Crippen LogP contribution >= 0.6 is 0 Å². The first-order valence-electron chi connectivity index (χ1n) is 28.5. The second-order valence-electron chi connectivity index (χ2n) is 13.5. The fourth-order valence-electron chi connectivity index (χ4n) is 8.06. The zero-order valence-electron chi connectivity index (χ0n) is 50.4. The lowest BCUT2D eigenvalue weighted by atomic mass is 9.83. The molecule has 0 aliphatic rings. The van der Waals surface area contributed by atoms with Crippen molar-refractivity contribution in [1.82, 2.24) is 0 Å². The molecule has 0 aliphatic heterocycles. The summed E-state index contributed by atoms with van der Waals surface area (Å²) in [6, 6.07) is 6.61. The van der Waals surface area contributed by atoms with Crippen LogP contribution in [-0.2, 0) is 0 Å². The first-order chi connectivity index (χ1) is 37.0. The Bertz CT molecular complexity index is 4720. The highest BCUT2D eigenvalue weighted by Crippen LogP contribution is 2.48. The van der Waals surface area contributed by atoms with Gasteiger partial charge in [0.05, 0.1) is 28.8 Å². The molecular weight excluding hydrogens is 689 g/mol. The van der Waals surface area contributed by atoms with E-state index in [-0.39, 0.29) is 11.1 Å². The Labute approximate surface area is 359 Å². The third-order valence-corrected chi connectivity index (χ3v) is 10.5. The topological polar surface area (TPSA) is 13.1 Å². The molecule has 0 atom stereocenters. The lowest BCUT2D eigenvalue weighted by Crippen LogP contribution is -1.93. The Hall–Kier alpha value is -7.48. The summed E-state index contributed by atoms with van der Waals surface area (Å²) in [6.07, 6.45) is 0. The van der Waals surface area contributed by atoms with Crippen LogP contribution < -0.4 is 0 Å². The summed E-state index contributed by atoms with van der Waals surface area (Å²) in [5.41, 5.74) is 0.104. The van der Waals surface area contributed by atoms with E-state index in [0.29, 0.717) is 21.9 Å². The number of fused-ring (bicyclic) bond motifs is 8. The van der Waals surface area contributed by atoms with Gasteiger partial charge >= 0.3 is 0 Å². The lowest BCUT2D eigenvalue weighted by molar-refractivity contribution is 0.669. The van der Waals surface area contributed by atoms with Crippen LogP contribution in [0.15, 0.2) is 210 Å². The van der Waals surface area contributed by atoms with Gasteiger partial charge in [-0.1, -0.05) is 175 Å². The predicted molar refractivity (Wildman–Crippen MR) is 243 cm³/mol. The van der Waals surface area contributed by atoms with E-state index < -0.39 is 192 Å². The number of hydrogen-bond donors (Lipinski definition) is 0. The van der Waals surface area contributed by atoms with Crippen molar-refractivity contribution < 1.29 is 33.2 Å². The molecule has 0 amide bonds. The minimum absolute atomic E-state index is 0.149. The van der Waals surface area contributed by atoms with E-state index >= 15 is 0 Å². The summed E-state index contributed by atoms with van der Waals surface area (Å²) >= 11 is 0. The van der Waals surface area contributed by atoms with Gasteiger partial charge in [0, 0.05) is 10.8 Å². The second kappa shape index (κ2) is 12.5. The minimum Gasteiger partial charge on any atom is -0.456 e. The van der Waals surface area contributed by atoms with Crippen molar-refractivity contribution in [3.8, 4) is 44.5 Å². The average molecular weight is 744 g/mol. The summed E-state index contributed by atoms with van der Waals surface area (Å²) in [7, 11) is 0. The van der Waals surface area contributed by atoms with E-state index in [9.17, 15) is 13.7 Å². The summed E-state index contributed by atoms with van der Waals surface area (Å²) in [6.45, 7) is 0. The Morgan fingerprint density at radius 2 is 0.930 bits per heavy atom. The zero-order chi connectivity index (χ0) is 55.7. The van der Waals surface area contributed by atoms with E-state index in [2.05, 4.69) is 0 Å². The van der Waals surface area contributed by atoms with E-state index in [1.807, 2.05) is 54.6 Å². The van der Waals surface area contributed by atoms with Crippen molar-refractivity contribution in [2.75, 3.05) is 0 Å². The van der Waals surface area contributed by atoms with Crippen LogP contribution in [-0.4, -0.2) is 0 Å². The van der Waals surface area contributed by atoms with Gasteiger partial charge in [0.2, 0.25) is 0 Å². The molecule has 12 rings (SSSR count). The van der Waals surface area contributed by atoms with Crippen LogP contribution in [0, 0.1) is 0 Å². The Morgan fingerprint density at radius 1 is 0.333 bits per heavy atom. The van der Waals surface area contributed by atoms with Crippen molar-refractivity contribution in [3.05, 3.63) is 206 Å². The highest BCUT2D eigenvalue weighted by molar-refractivity contribution is 6.25. The van der Waals surface area contributed by atoms with Crippen LogP contribution in [0.5, 0.6) is 0 Å². The smallest absolute Gasteiger partial charge is 0.136 e. The van der Waals surface area contributed by atoms with E-state index in [1.165, 1.54) is 0 Å². The highest BCUT2D eigenvalue weighted by Gasteiger charge is 2.21. The first kappa shape index (κ1) is 17.5. The Morgan fingerprint density at radius 3 is 1.70 bits per heavy atom. The molecule has 0 unspecified atom stereocenters. The zero-order valence-corrected chi connectivity index (χ0v) is 29.4. The van der Waals surface area contributed by atoms with Gasteiger partial charge in [-0.15, -0.1) is 0 Å². The molecule has 57 heavy (non-hydrogen) atoms. The van der Waals surface area contributed by atoms with Crippen LogP contribution in [0.3, 0.4) is 0 Å². The number of rotatable bonds is 4. The molecule has 0 saturated heterocycles. The molecule has 0 N–H and O–H groups in total. The number of benzene rings is 11. The van der Waals surface area contributed by atoms with Gasteiger partial charge in [0.25, 0.3) is 0 Å². The van der Waals surface area contributed by atoms with Crippen molar-refractivity contribution >= 4 is 75.8 Å². The number of furan rings is 1. The van der Waals surface area contributed by atoms with Crippen LogP contribution in [0.2, 0.25) is 0 Å². The third-order valence-electron chi connectivity index (χ3n) is 10.5. The summed E-state index contributed by atoms with van der Waals surface area (Å²) in [5, 5.41) is -1.47. The van der Waals surface area contributed by atoms with Crippen molar-refractivity contribution in [2.45, 2.75) is 0 Å². The molecule has 1 heteroatoms. The maximum Gasteiger partial charge on any atom is 0.136 e. The maximum atomic E-state index is 10.4. The highest BCUT2D eigenvalue weighted by atomic mass is 16.3. The summed E-state index contributed by atoms with van der Waals surface area (Å²) in [4.78, 5) is 0. The molecular formula is C56H34O. The van der Waals surface area contributed by atoms with Gasteiger partial charge in [-0.2, -0.15) is 0 Å². The average Bonchev–Trinajstić information content (AvgIpc) is 3.81. The second-order valence-corrected chi connectivity index (χ2v) is 13.5. The van der Waals surface area contributed by atoms with Crippen LogP contribution in [0.1, 0.15) is 28.8 Å². The summed E-state index contributed by atoms with van der Waals surface area (Å²) in [5.74, 6) is 0. The molecule has 264 valence electrons. The quantitative estimate of drug-likeness (QED) is 0.164. The minimum atomic E-state index is -0.913. The SMILES string of the molecule is [2H]c1c([2H])c([2H])c2c(-c3c4c([2H])c([2H])c([2H])c([2H])c4c(-c4c([2H])c(-c5ccc6oc7cccc(-c8cccc9ccccc89)c7c6c5)c([2H])c5c([2H])c([2H])c([2H])c([2H])c45)c4c([2H])c([2H])c([2H])c([2H])c34)c([2H])c([2H])c([2H])c2c1[2H]. The fourth-order valence-corrected chi connectivity index (χ4v) is 8.06. The van der Waals surface area contributed by atoms with Gasteiger partial charge < -0.3 is 4.42 Å². The fraction of sp³-hybridized carbons (Fsp3) is 0. The van der Waals surface area contributed by atoms with Crippen molar-refractivity contribution in [1.29, 1.82) is 0 Å². The van der Waals surface area contributed by atoms with Gasteiger partial charge in [-0.3, -0.25) is 0 Å². The lowest BCUT2D eigenvalue weighted by Gasteiger charge is -2.20.